The maximum atomic E-state index is 12.9. The van der Waals surface area contributed by atoms with E-state index in [0.29, 0.717) is 12.2 Å². The number of carbonyl (C=O) groups excluding carboxylic acids is 2. The zero-order valence-electron chi connectivity index (χ0n) is 14.7. The van der Waals surface area contributed by atoms with E-state index in [1.54, 1.807) is 24.3 Å². The molecule has 3 rings (SSSR count). The van der Waals surface area contributed by atoms with E-state index in [-0.39, 0.29) is 6.04 Å². The summed E-state index contributed by atoms with van der Waals surface area (Å²) in [6.07, 6.45) is 6.20. The fraction of sp³-hybridized carbons (Fsp3) is 0.350. The zero-order valence-corrected chi connectivity index (χ0v) is 14.7. The molecule has 0 aliphatic carbocycles. The fourth-order valence-electron chi connectivity index (χ4n) is 3.30. The van der Waals surface area contributed by atoms with Gasteiger partial charge in [-0.1, -0.05) is 30.3 Å². The van der Waals surface area contributed by atoms with Crippen LogP contribution in [0.4, 0.5) is 5.69 Å². The Balaban J connectivity index is 1.81. The maximum Gasteiger partial charge on any atom is 0.316 e. The summed E-state index contributed by atoms with van der Waals surface area (Å²) in [5.41, 5.74) is 2.67. The first kappa shape index (κ1) is 17.1. The molecule has 0 radical (unpaired) electrons. The third kappa shape index (κ3) is 3.71. The topological polar surface area (TPSA) is 53.5 Å². The highest BCUT2D eigenvalue weighted by molar-refractivity contribution is 6.40. The molecule has 1 fully saturated rings. The van der Waals surface area contributed by atoms with E-state index < -0.39 is 11.8 Å². The molecule has 0 bridgehead atoms. The van der Waals surface area contributed by atoms with Crippen molar-refractivity contribution in [2.75, 3.05) is 18.5 Å². The Labute approximate surface area is 148 Å². The largest absolute Gasteiger partial charge is 0.327 e. The molecule has 0 unspecified atom stereocenters. The van der Waals surface area contributed by atoms with Crippen molar-refractivity contribution < 1.29 is 9.59 Å². The highest BCUT2D eigenvalue weighted by Gasteiger charge is 2.33. The second-order valence-corrected chi connectivity index (χ2v) is 6.51. The molecule has 2 heterocycles. The number of likely N-dealkylation sites (N-methyl/N-ethyl adjacent to an activating group) is 1. The lowest BCUT2D eigenvalue weighted by atomic mass is 9.95. The van der Waals surface area contributed by atoms with E-state index in [1.807, 2.05) is 43.3 Å². The lowest BCUT2D eigenvalue weighted by Crippen LogP contribution is -2.47. The summed E-state index contributed by atoms with van der Waals surface area (Å²) >= 11 is 0. The summed E-state index contributed by atoms with van der Waals surface area (Å²) in [4.78, 5) is 32.8. The maximum absolute atomic E-state index is 12.9. The second kappa shape index (κ2) is 7.47. The number of hydrogen-bond donors (Lipinski definition) is 0. The molecule has 2 amide bonds. The van der Waals surface area contributed by atoms with Crippen LogP contribution in [-0.4, -0.2) is 35.3 Å². The molecule has 0 spiro atoms. The molecule has 130 valence electrons. The van der Waals surface area contributed by atoms with Gasteiger partial charge in [-0.15, -0.1) is 0 Å². The Bertz CT molecular complexity index is 761. The standard InChI is InChI=1S/C20H23N3O2/c1-15-12-17(14-21-13-15)22(2)19(24)20(25)23-11-7-6-10-18(23)16-8-4-3-5-9-16/h3-5,8-9,12-14,18H,6-7,10-11H2,1-2H3/t18-/m1/s1. The minimum atomic E-state index is -0.518. The number of carbonyl (C=O) groups is 2. The second-order valence-electron chi connectivity index (χ2n) is 6.51. The molecule has 1 aromatic carbocycles. The Kier molecular flexibility index (Phi) is 5.12. The van der Waals surface area contributed by atoms with Crippen LogP contribution in [0.5, 0.6) is 0 Å². The summed E-state index contributed by atoms with van der Waals surface area (Å²) in [7, 11) is 1.62. The van der Waals surface area contributed by atoms with Crippen LogP contribution in [0, 0.1) is 6.92 Å². The average molecular weight is 337 g/mol. The van der Waals surface area contributed by atoms with E-state index in [4.69, 9.17) is 0 Å². The van der Waals surface area contributed by atoms with Gasteiger partial charge >= 0.3 is 11.8 Å². The molecule has 0 saturated carbocycles. The number of hydrogen-bond acceptors (Lipinski definition) is 3. The van der Waals surface area contributed by atoms with E-state index in [1.165, 1.54) is 4.90 Å². The number of likely N-dealkylation sites (tertiary alicyclic amines) is 1. The number of pyridine rings is 1. The zero-order chi connectivity index (χ0) is 17.8. The van der Waals surface area contributed by atoms with Crippen molar-refractivity contribution in [3.63, 3.8) is 0 Å². The van der Waals surface area contributed by atoms with Crippen molar-refractivity contribution in [3.8, 4) is 0 Å². The minimum Gasteiger partial charge on any atom is -0.327 e. The number of anilines is 1. The number of rotatable bonds is 2. The summed E-state index contributed by atoms with van der Waals surface area (Å²) < 4.78 is 0. The Morgan fingerprint density at radius 1 is 1.16 bits per heavy atom. The molecule has 1 saturated heterocycles. The highest BCUT2D eigenvalue weighted by atomic mass is 16.2. The highest BCUT2D eigenvalue weighted by Crippen LogP contribution is 2.31. The smallest absolute Gasteiger partial charge is 0.316 e. The van der Waals surface area contributed by atoms with Gasteiger partial charge in [-0.2, -0.15) is 0 Å². The van der Waals surface area contributed by atoms with Crippen LogP contribution in [0.25, 0.3) is 0 Å². The molecule has 1 aromatic heterocycles. The number of aryl methyl sites for hydroxylation is 1. The van der Waals surface area contributed by atoms with Crippen LogP contribution in [0.2, 0.25) is 0 Å². The van der Waals surface area contributed by atoms with Crippen LogP contribution in [0.3, 0.4) is 0 Å². The predicted octanol–water partition coefficient (Wildman–Crippen LogP) is 3.11. The van der Waals surface area contributed by atoms with Gasteiger partial charge in [0.15, 0.2) is 0 Å². The van der Waals surface area contributed by atoms with Gasteiger partial charge in [0.2, 0.25) is 0 Å². The molecular weight excluding hydrogens is 314 g/mol. The normalized spacial score (nSPS) is 17.2. The number of piperidine rings is 1. The van der Waals surface area contributed by atoms with E-state index in [9.17, 15) is 9.59 Å². The van der Waals surface area contributed by atoms with E-state index in [2.05, 4.69) is 4.98 Å². The lowest BCUT2D eigenvalue weighted by Gasteiger charge is -2.36. The van der Waals surface area contributed by atoms with Crippen molar-refractivity contribution in [2.45, 2.75) is 32.2 Å². The first-order valence-electron chi connectivity index (χ1n) is 8.63. The van der Waals surface area contributed by atoms with Gasteiger partial charge < -0.3 is 9.80 Å². The lowest BCUT2D eigenvalue weighted by molar-refractivity contribution is -0.147. The quantitative estimate of drug-likeness (QED) is 0.791. The van der Waals surface area contributed by atoms with Gasteiger partial charge in [0.05, 0.1) is 17.9 Å². The number of amides is 2. The van der Waals surface area contributed by atoms with Crippen molar-refractivity contribution >= 4 is 17.5 Å². The van der Waals surface area contributed by atoms with Crippen LogP contribution in [-0.2, 0) is 9.59 Å². The Morgan fingerprint density at radius 3 is 2.64 bits per heavy atom. The van der Waals surface area contributed by atoms with Gasteiger partial charge in [-0.05, 0) is 43.4 Å². The predicted molar refractivity (Wildman–Crippen MR) is 97.1 cm³/mol. The minimum absolute atomic E-state index is 0.0320. The van der Waals surface area contributed by atoms with Gasteiger partial charge in [0.1, 0.15) is 0 Å². The third-order valence-electron chi connectivity index (χ3n) is 4.68. The number of nitrogens with zero attached hydrogens (tertiary/aromatic N) is 3. The van der Waals surface area contributed by atoms with Gasteiger partial charge in [0, 0.05) is 19.8 Å². The molecule has 1 aliphatic rings. The van der Waals surface area contributed by atoms with Gasteiger partial charge in [0.25, 0.3) is 0 Å². The monoisotopic (exact) mass is 337 g/mol. The Hall–Kier alpha value is -2.69. The molecule has 2 aromatic rings. The molecule has 25 heavy (non-hydrogen) atoms. The van der Waals surface area contributed by atoms with Gasteiger partial charge in [-0.3, -0.25) is 14.6 Å². The van der Waals surface area contributed by atoms with Crippen molar-refractivity contribution in [1.29, 1.82) is 0 Å². The molecule has 1 atom stereocenters. The number of benzene rings is 1. The third-order valence-corrected chi connectivity index (χ3v) is 4.68. The van der Waals surface area contributed by atoms with Crippen LogP contribution in [0.15, 0.2) is 48.8 Å². The SMILES string of the molecule is Cc1cncc(N(C)C(=O)C(=O)N2CCCC[C@@H]2c2ccccc2)c1. The summed E-state index contributed by atoms with van der Waals surface area (Å²) in [5.74, 6) is -0.965. The summed E-state index contributed by atoms with van der Waals surface area (Å²) in [5, 5.41) is 0. The first-order chi connectivity index (χ1) is 12.1. The molecule has 0 N–H and O–H groups in total. The molecule has 5 nitrogen and oxygen atoms in total. The average Bonchev–Trinajstić information content (AvgIpc) is 2.67. The van der Waals surface area contributed by atoms with Crippen molar-refractivity contribution in [2.24, 2.45) is 0 Å². The first-order valence-corrected chi connectivity index (χ1v) is 8.63. The van der Waals surface area contributed by atoms with E-state index in [0.717, 1.165) is 30.4 Å². The van der Waals surface area contributed by atoms with Crippen molar-refractivity contribution in [1.82, 2.24) is 9.88 Å². The fourth-order valence-corrected chi connectivity index (χ4v) is 3.30. The van der Waals surface area contributed by atoms with Gasteiger partial charge in [-0.25, -0.2) is 0 Å². The Morgan fingerprint density at radius 2 is 1.92 bits per heavy atom. The molecule has 5 heteroatoms. The van der Waals surface area contributed by atoms with Crippen LogP contribution >= 0.6 is 0 Å². The van der Waals surface area contributed by atoms with Crippen molar-refractivity contribution in [3.05, 3.63) is 59.9 Å². The molecule has 1 aliphatic heterocycles. The summed E-state index contributed by atoms with van der Waals surface area (Å²) in [6, 6.07) is 11.8. The van der Waals surface area contributed by atoms with Crippen LogP contribution in [0.1, 0.15) is 36.4 Å². The van der Waals surface area contributed by atoms with E-state index >= 15 is 0 Å². The number of aromatic nitrogens is 1. The molecular formula is C20H23N3O2. The van der Waals surface area contributed by atoms with Crippen LogP contribution < -0.4 is 4.90 Å². The summed E-state index contributed by atoms with van der Waals surface area (Å²) in [6.45, 7) is 2.52.